The molecule has 0 saturated carbocycles. The normalized spacial score (nSPS) is 10.1. The first-order valence-corrected chi connectivity index (χ1v) is 5.50. The van der Waals surface area contributed by atoms with Crippen LogP contribution in [0.3, 0.4) is 0 Å². The highest BCUT2D eigenvalue weighted by atomic mass is 19.1. The third-order valence-corrected chi connectivity index (χ3v) is 2.58. The van der Waals surface area contributed by atoms with Gasteiger partial charge < -0.3 is 11.1 Å². The largest absolute Gasteiger partial charge is 0.397 e. The molecule has 0 unspecified atom stereocenters. The summed E-state index contributed by atoms with van der Waals surface area (Å²) in [7, 11) is 0. The number of para-hydroxylation sites is 2. The van der Waals surface area contributed by atoms with E-state index < -0.39 is 11.7 Å². The summed E-state index contributed by atoms with van der Waals surface area (Å²) in [6.07, 6.45) is 0. The number of rotatable bonds is 2. The molecule has 2 rings (SSSR count). The van der Waals surface area contributed by atoms with Crippen LogP contribution in [0.25, 0.3) is 0 Å². The molecular formula is C14H13FN2O. The number of amides is 1. The Kier molecular flexibility index (Phi) is 3.28. The topological polar surface area (TPSA) is 55.1 Å². The summed E-state index contributed by atoms with van der Waals surface area (Å²) in [4.78, 5) is 11.9. The quantitative estimate of drug-likeness (QED) is 0.798. The number of hydrogen-bond acceptors (Lipinski definition) is 2. The summed E-state index contributed by atoms with van der Waals surface area (Å²) in [5.41, 5.74) is 7.39. The number of carbonyl (C=O) groups is 1. The molecule has 1 amide bonds. The zero-order chi connectivity index (χ0) is 13.1. The van der Waals surface area contributed by atoms with E-state index in [1.807, 2.05) is 0 Å². The molecule has 0 bridgehead atoms. The average Bonchev–Trinajstić information content (AvgIpc) is 2.32. The first-order valence-electron chi connectivity index (χ1n) is 5.50. The van der Waals surface area contributed by atoms with Crippen molar-refractivity contribution in [3.8, 4) is 0 Å². The maximum atomic E-state index is 13.6. The fourth-order valence-electron chi connectivity index (χ4n) is 1.60. The van der Waals surface area contributed by atoms with Crippen LogP contribution in [0.5, 0.6) is 0 Å². The van der Waals surface area contributed by atoms with Gasteiger partial charge in [0.25, 0.3) is 5.91 Å². The minimum absolute atomic E-state index is 0.00357. The first-order chi connectivity index (χ1) is 8.58. The van der Waals surface area contributed by atoms with Crippen molar-refractivity contribution in [2.24, 2.45) is 0 Å². The molecule has 3 nitrogen and oxygen atoms in total. The van der Waals surface area contributed by atoms with E-state index in [1.165, 1.54) is 12.1 Å². The molecule has 0 radical (unpaired) electrons. The van der Waals surface area contributed by atoms with E-state index in [1.54, 1.807) is 37.3 Å². The van der Waals surface area contributed by atoms with Crippen LogP contribution in [0.15, 0.2) is 42.5 Å². The van der Waals surface area contributed by atoms with E-state index in [9.17, 15) is 9.18 Å². The smallest absolute Gasteiger partial charge is 0.258 e. The standard InChI is InChI=1S/C14H13FN2O/c1-9-6-7-10(11(15)8-9)14(18)17-13-5-3-2-4-12(13)16/h2-8H,16H2,1H3,(H,17,18). The molecule has 0 aliphatic heterocycles. The molecule has 0 atom stereocenters. The first kappa shape index (κ1) is 12.1. The van der Waals surface area contributed by atoms with Gasteiger partial charge in [0.15, 0.2) is 0 Å². The highest BCUT2D eigenvalue weighted by molar-refractivity contribution is 6.05. The number of hydrogen-bond donors (Lipinski definition) is 2. The molecule has 2 aromatic carbocycles. The van der Waals surface area contributed by atoms with Crippen molar-refractivity contribution in [2.75, 3.05) is 11.1 Å². The van der Waals surface area contributed by atoms with Crippen LogP contribution in [0.1, 0.15) is 15.9 Å². The van der Waals surface area contributed by atoms with Crippen LogP contribution >= 0.6 is 0 Å². The summed E-state index contributed by atoms with van der Waals surface area (Å²) in [6.45, 7) is 1.76. The van der Waals surface area contributed by atoms with Gasteiger partial charge in [0.2, 0.25) is 0 Å². The van der Waals surface area contributed by atoms with E-state index in [0.29, 0.717) is 11.4 Å². The van der Waals surface area contributed by atoms with Crippen LogP contribution in [0.2, 0.25) is 0 Å². The minimum Gasteiger partial charge on any atom is -0.397 e. The van der Waals surface area contributed by atoms with Gasteiger partial charge >= 0.3 is 0 Å². The maximum absolute atomic E-state index is 13.6. The average molecular weight is 244 g/mol. The van der Waals surface area contributed by atoms with E-state index >= 15 is 0 Å². The van der Waals surface area contributed by atoms with Gasteiger partial charge in [-0.25, -0.2) is 4.39 Å². The van der Waals surface area contributed by atoms with Crippen LogP contribution in [0, 0.1) is 12.7 Å². The van der Waals surface area contributed by atoms with Crippen molar-refractivity contribution in [1.29, 1.82) is 0 Å². The van der Waals surface area contributed by atoms with Crippen molar-refractivity contribution < 1.29 is 9.18 Å². The molecule has 18 heavy (non-hydrogen) atoms. The van der Waals surface area contributed by atoms with Crippen molar-refractivity contribution in [2.45, 2.75) is 6.92 Å². The molecule has 0 saturated heterocycles. The second-order valence-electron chi connectivity index (χ2n) is 4.02. The molecule has 0 aromatic heterocycles. The van der Waals surface area contributed by atoms with E-state index in [0.717, 1.165) is 5.56 Å². The van der Waals surface area contributed by atoms with Gasteiger partial charge in [0, 0.05) is 0 Å². The monoisotopic (exact) mass is 244 g/mol. The van der Waals surface area contributed by atoms with Gasteiger partial charge in [-0.1, -0.05) is 18.2 Å². The number of nitrogens with one attached hydrogen (secondary N) is 1. The molecule has 2 aromatic rings. The van der Waals surface area contributed by atoms with Crippen molar-refractivity contribution in [3.05, 3.63) is 59.4 Å². The highest BCUT2D eigenvalue weighted by Crippen LogP contribution is 2.19. The van der Waals surface area contributed by atoms with Crippen LogP contribution in [-0.4, -0.2) is 5.91 Å². The van der Waals surface area contributed by atoms with Gasteiger partial charge in [-0.15, -0.1) is 0 Å². The van der Waals surface area contributed by atoms with Crippen molar-refractivity contribution >= 4 is 17.3 Å². The fraction of sp³-hybridized carbons (Fsp3) is 0.0714. The van der Waals surface area contributed by atoms with E-state index in [-0.39, 0.29) is 5.56 Å². The lowest BCUT2D eigenvalue weighted by atomic mass is 10.1. The number of nitrogen functional groups attached to an aromatic ring is 1. The number of nitrogens with two attached hydrogens (primary N) is 1. The van der Waals surface area contributed by atoms with Crippen molar-refractivity contribution in [3.63, 3.8) is 0 Å². The number of carbonyl (C=O) groups excluding carboxylic acids is 1. The zero-order valence-corrected chi connectivity index (χ0v) is 9.91. The Bertz CT molecular complexity index is 596. The third kappa shape index (κ3) is 2.48. The summed E-state index contributed by atoms with van der Waals surface area (Å²) < 4.78 is 13.6. The Labute approximate surface area is 104 Å². The Morgan fingerprint density at radius 1 is 1.22 bits per heavy atom. The molecule has 0 fully saturated rings. The lowest BCUT2D eigenvalue weighted by Crippen LogP contribution is -2.14. The molecular weight excluding hydrogens is 231 g/mol. The summed E-state index contributed by atoms with van der Waals surface area (Å²) in [6, 6.07) is 11.3. The molecule has 0 heterocycles. The van der Waals surface area contributed by atoms with Gasteiger partial charge in [-0.2, -0.15) is 0 Å². The summed E-state index contributed by atoms with van der Waals surface area (Å²) >= 11 is 0. The predicted molar refractivity (Wildman–Crippen MR) is 69.9 cm³/mol. The van der Waals surface area contributed by atoms with Gasteiger partial charge in [0.05, 0.1) is 16.9 Å². The van der Waals surface area contributed by atoms with Crippen LogP contribution < -0.4 is 11.1 Å². The molecule has 4 heteroatoms. The molecule has 3 N–H and O–H groups in total. The maximum Gasteiger partial charge on any atom is 0.258 e. The number of halogens is 1. The molecule has 0 aliphatic carbocycles. The minimum atomic E-state index is -0.540. The van der Waals surface area contributed by atoms with E-state index in [2.05, 4.69) is 5.32 Å². The second kappa shape index (κ2) is 4.87. The van der Waals surface area contributed by atoms with Gasteiger partial charge in [-0.3, -0.25) is 4.79 Å². The van der Waals surface area contributed by atoms with Crippen LogP contribution in [0.4, 0.5) is 15.8 Å². The zero-order valence-electron chi connectivity index (χ0n) is 9.91. The predicted octanol–water partition coefficient (Wildman–Crippen LogP) is 2.97. The number of aryl methyl sites for hydroxylation is 1. The Morgan fingerprint density at radius 3 is 2.61 bits per heavy atom. The van der Waals surface area contributed by atoms with E-state index in [4.69, 9.17) is 5.73 Å². The number of benzene rings is 2. The van der Waals surface area contributed by atoms with Crippen LogP contribution in [-0.2, 0) is 0 Å². The Hall–Kier alpha value is -2.36. The fourth-order valence-corrected chi connectivity index (χ4v) is 1.60. The molecule has 92 valence electrons. The highest BCUT2D eigenvalue weighted by Gasteiger charge is 2.12. The number of anilines is 2. The SMILES string of the molecule is Cc1ccc(C(=O)Nc2ccccc2N)c(F)c1. The van der Waals surface area contributed by atoms with Gasteiger partial charge in [0.1, 0.15) is 5.82 Å². The Morgan fingerprint density at radius 2 is 1.94 bits per heavy atom. The van der Waals surface area contributed by atoms with Crippen molar-refractivity contribution in [1.82, 2.24) is 0 Å². The molecule has 0 aliphatic rings. The summed E-state index contributed by atoms with van der Waals surface area (Å²) in [5, 5.41) is 2.58. The second-order valence-corrected chi connectivity index (χ2v) is 4.02. The van der Waals surface area contributed by atoms with Gasteiger partial charge in [-0.05, 0) is 36.8 Å². The summed E-state index contributed by atoms with van der Waals surface area (Å²) in [5.74, 6) is -1.05. The molecule has 0 spiro atoms. The lowest BCUT2D eigenvalue weighted by molar-refractivity contribution is 0.102. The lowest BCUT2D eigenvalue weighted by Gasteiger charge is -2.08. The Balaban J connectivity index is 2.25. The third-order valence-electron chi connectivity index (χ3n) is 2.58.